The quantitative estimate of drug-likeness (QED) is 0.406. The van der Waals surface area contributed by atoms with Gasteiger partial charge in [0.15, 0.2) is 0 Å². The SMILES string of the molecule is CC(C)[C@H](NS(=O)(=O)c1ccc2c(c1)oc1ccc(-c3ccc(Cl)nc3)cc12)C(=O)O. The minimum absolute atomic E-state index is 0.0620. The highest BCUT2D eigenvalue weighted by atomic mass is 35.5. The molecule has 0 aliphatic carbocycles. The van der Waals surface area contributed by atoms with Gasteiger partial charge in [0.1, 0.15) is 22.4 Å². The molecule has 4 rings (SSSR count). The Hall–Kier alpha value is -2.94. The van der Waals surface area contributed by atoms with Gasteiger partial charge in [-0.1, -0.05) is 31.5 Å². The third-order valence-electron chi connectivity index (χ3n) is 5.03. The smallest absolute Gasteiger partial charge is 0.322 e. The zero-order valence-electron chi connectivity index (χ0n) is 16.7. The van der Waals surface area contributed by atoms with Gasteiger partial charge in [0.2, 0.25) is 10.0 Å². The molecule has 7 nitrogen and oxygen atoms in total. The van der Waals surface area contributed by atoms with Gasteiger partial charge in [0.25, 0.3) is 0 Å². The molecule has 2 heterocycles. The van der Waals surface area contributed by atoms with Crippen LogP contribution >= 0.6 is 11.6 Å². The highest BCUT2D eigenvalue weighted by Gasteiger charge is 2.28. The van der Waals surface area contributed by atoms with E-state index >= 15 is 0 Å². The Bertz CT molecular complexity index is 1390. The van der Waals surface area contributed by atoms with Crippen LogP contribution in [0.4, 0.5) is 0 Å². The summed E-state index contributed by atoms with van der Waals surface area (Å²) in [6, 6.07) is 12.5. The van der Waals surface area contributed by atoms with E-state index in [2.05, 4.69) is 9.71 Å². The molecule has 2 N–H and O–H groups in total. The molecule has 0 aliphatic heterocycles. The number of pyridine rings is 1. The molecule has 0 radical (unpaired) electrons. The summed E-state index contributed by atoms with van der Waals surface area (Å²) in [5.74, 6) is -1.64. The van der Waals surface area contributed by atoms with Crippen LogP contribution in [-0.4, -0.2) is 30.5 Å². The second-order valence-corrected chi connectivity index (χ2v) is 9.62. The average molecular weight is 459 g/mol. The number of nitrogens with one attached hydrogen (secondary N) is 1. The second kappa shape index (κ2) is 7.96. The number of hydrogen-bond donors (Lipinski definition) is 2. The minimum atomic E-state index is -4.05. The Balaban J connectivity index is 1.75. The zero-order chi connectivity index (χ0) is 22.3. The maximum absolute atomic E-state index is 12.7. The molecular formula is C22H19ClN2O5S. The number of hydrogen-bond acceptors (Lipinski definition) is 5. The molecule has 4 aromatic rings. The lowest BCUT2D eigenvalue weighted by atomic mass is 10.0. The number of sulfonamides is 1. The minimum Gasteiger partial charge on any atom is -0.480 e. The van der Waals surface area contributed by atoms with Gasteiger partial charge in [0, 0.05) is 28.6 Å². The molecule has 0 aliphatic rings. The standard InChI is InChI=1S/C22H19ClN2O5S/c1-12(2)21(22(26)27)25-31(28,29)15-5-6-16-17-9-13(14-4-8-20(23)24-11-14)3-7-18(17)30-19(16)10-15/h3-12,21,25H,1-2H3,(H,26,27)/t21-/m0/s1. The molecule has 0 spiro atoms. The van der Waals surface area contributed by atoms with E-state index in [9.17, 15) is 18.3 Å². The number of rotatable bonds is 6. The Morgan fingerprint density at radius 2 is 1.77 bits per heavy atom. The van der Waals surface area contributed by atoms with Crippen LogP contribution in [0.1, 0.15) is 13.8 Å². The molecule has 0 bridgehead atoms. The van der Waals surface area contributed by atoms with Crippen molar-refractivity contribution in [2.24, 2.45) is 5.92 Å². The van der Waals surface area contributed by atoms with Crippen molar-refractivity contribution < 1.29 is 22.7 Å². The number of furan rings is 1. The highest BCUT2D eigenvalue weighted by Crippen LogP contribution is 2.33. The molecule has 0 fully saturated rings. The maximum Gasteiger partial charge on any atom is 0.322 e. The molecule has 160 valence electrons. The van der Waals surface area contributed by atoms with Gasteiger partial charge in [-0.2, -0.15) is 4.72 Å². The topological polar surface area (TPSA) is 110 Å². The van der Waals surface area contributed by atoms with Crippen molar-refractivity contribution in [2.45, 2.75) is 24.8 Å². The van der Waals surface area contributed by atoms with Gasteiger partial charge < -0.3 is 9.52 Å². The van der Waals surface area contributed by atoms with Gasteiger partial charge in [-0.25, -0.2) is 13.4 Å². The normalized spacial score (nSPS) is 13.2. The van der Waals surface area contributed by atoms with Gasteiger partial charge in [-0.05, 0) is 47.9 Å². The number of aliphatic carboxylic acids is 1. The van der Waals surface area contributed by atoms with Crippen molar-refractivity contribution in [3.63, 3.8) is 0 Å². The Kier molecular flexibility index (Phi) is 5.47. The number of halogens is 1. The summed E-state index contributed by atoms with van der Waals surface area (Å²) in [6.07, 6.45) is 1.68. The first-order chi connectivity index (χ1) is 14.7. The molecule has 1 atom stereocenters. The summed E-state index contributed by atoms with van der Waals surface area (Å²) >= 11 is 5.86. The maximum atomic E-state index is 12.7. The van der Waals surface area contributed by atoms with Crippen molar-refractivity contribution >= 4 is 49.5 Å². The summed E-state index contributed by atoms with van der Waals surface area (Å²) < 4.78 is 33.6. The Labute approximate surface area is 183 Å². The molecule has 9 heteroatoms. The monoisotopic (exact) mass is 458 g/mol. The lowest BCUT2D eigenvalue weighted by molar-refractivity contribution is -0.140. The van der Waals surface area contributed by atoms with Crippen LogP contribution in [0.3, 0.4) is 0 Å². The lowest BCUT2D eigenvalue weighted by Gasteiger charge is -2.17. The van der Waals surface area contributed by atoms with Gasteiger partial charge in [0.05, 0.1) is 4.90 Å². The van der Waals surface area contributed by atoms with Crippen LogP contribution < -0.4 is 4.72 Å². The molecule has 0 amide bonds. The number of benzene rings is 2. The number of fused-ring (bicyclic) bond motifs is 3. The zero-order valence-corrected chi connectivity index (χ0v) is 18.2. The number of aromatic nitrogens is 1. The predicted molar refractivity (Wildman–Crippen MR) is 119 cm³/mol. The number of carboxylic acids is 1. The fraction of sp³-hybridized carbons (Fsp3) is 0.182. The van der Waals surface area contributed by atoms with Crippen LogP contribution in [0.15, 0.2) is 64.0 Å². The van der Waals surface area contributed by atoms with Crippen LogP contribution in [0.2, 0.25) is 5.15 Å². The van der Waals surface area contributed by atoms with E-state index in [0.717, 1.165) is 21.9 Å². The fourth-order valence-electron chi connectivity index (χ4n) is 3.36. The van der Waals surface area contributed by atoms with E-state index in [1.165, 1.54) is 12.1 Å². The molecular weight excluding hydrogens is 440 g/mol. The lowest BCUT2D eigenvalue weighted by Crippen LogP contribution is -2.44. The van der Waals surface area contributed by atoms with Gasteiger partial charge >= 0.3 is 5.97 Å². The molecule has 0 saturated heterocycles. The van der Waals surface area contributed by atoms with Crippen molar-refractivity contribution in [2.75, 3.05) is 0 Å². The van der Waals surface area contributed by atoms with E-state index in [0.29, 0.717) is 16.3 Å². The third-order valence-corrected chi connectivity index (χ3v) is 6.69. The molecule has 2 aromatic heterocycles. The summed E-state index contributed by atoms with van der Waals surface area (Å²) in [5, 5.41) is 11.3. The number of carboxylic acid groups (broad SMARTS) is 1. The molecule has 0 unspecified atom stereocenters. The van der Waals surface area contributed by atoms with E-state index < -0.39 is 28.0 Å². The molecule has 2 aromatic carbocycles. The number of carbonyl (C=O) groups is 1. The predicted octanol–water partition coefficient (Wildman–Crippen LogP) is 4.69. The summed E-state index contributed by atoms with van der Waals surface area (Å²) in [6.45, 7) is 3.27. The van der Waals surface area contributed by atoms with Gasteiger partial charge in [-0.3, -0.25) is 4.79 Å². The average Bonchev–Trinajstić information content (AvgIpc) is 3.09. The van der Waals surface area contributed by atoms with Crippen molar-refractivity contribution in [3.8, 4) is 11.1 Å². The van der Waals surface area contributed by atoms with Crippen molar-refractivity contribution in [3.05, 3.63) is 59.9 Å². The first-order valence-electron chi connectivity index (χ1n) is 9.49. The Morgan fingerprint density at radius 3 is 2.42 bits per heavy atom. The van der Waals surface area contributed by atoms with E-state index in [-0.39, 0.29) is 4.90 Å². The van der Waals surface area contributed by atoms with E-state index in [4.69, 9.17) is 16.0 Å². The van der Waals surface area contributed by atoms with Crippen molar-refractivity contribution in [1.29, 1.82) is 0 Å². The van der Waals surface area contributed by atoms with Gasteiger partial charge in [-0.15, -0.1) is 0 Å². The van der Waals surface area contributed by atoms with Crippen LogP contribution in [0.5, 0.6) is 0 Å². The van der Waals surface area contributed by atoms with Crippen LogP contribution in [0.25, 0.3) is 33.1 Å². The first kappa shape index (κ1) is 21.3. The summed E-state index contributed by atoms with van der Waals surface area (Å²) in [5.41, 5.74) is 2.80. The highest BCUT2D eigenvalue weighted by molar-refractivity contribution is 7.89. The van der Waals surface area contributed by atoms with Crippen molar-refractivity contribution in [1.82, 2.24) is 9.71 Å². The van der Waals surface area contributed by atoms with E-state index in [1.54, 1.807) is 32.2 Å². The second-order valence-electron chi connectivity index (χ2n) is 7.52. The third kappa shape index (κ3) is 4.14. The van der Waals surface area contributed by atoms with Crippen LogP contribution in [-0.2, 0) is 14.8 Å². The molecule has 0 saturated carbocycles. The summed E-state index contributed by atoms with van der Waals surface area (Å²) in [7, 11) is -4.05. The fourth-order valence-corrected chi connectivity index (χ4v) is 4.82. The summed E-state index contributed by atoms with van der Waals surface area (Å²) in [4.78, 5) is 15.4. The molecule has 31 heavy (non-hydrogen) atoms. The van der Waals surface area contributed by atoms with Crippen LogP contribution in [0, 0.1) is 5.92 Å². The first-order valence-corrected chi connectivity index (χ1v) is 11.4. The van der Waals surface area contributed by atoms with E-state index in [1.807, 2.05) is 24.3 Å². The number of nitrogens with zero attached hydrogens (tertiary/aromatic N) is 1. The largest absolute Gasteiger partial charge is 0.480 e. The Morgan fingerprint density at radius 1 is 1.03 bits per heavy atom.